The fourth-order valence-electron chi connectivity index (χ4n) is 1.46. The molecule has 0 aliphatic rings. The Morgan fingerprint density at radius 3 is 3.00 bits per heavy atom. The van der Waals surface area contributed by atoms with E-state index in [1.165, 1.54) is 0 Å². The third kappa shape index (κ3) is 3.27. The molecule has 1 amide bonds. The van der Waals surface area contributed by atoms with Crippen molar-refractivity contribution in [2.24, 2.45) is 0 Å². The van der Waals surface area contributed by atoms with E-state index >= 15 is 0 Å². The Labute approximate surface area is 109 Å². The number of aryl methyl sites for hydroxylation is 1. The number of aromatic nitrogens is 4. The quantitative estimate of drug-likeness (QED) is 0.839. The minimum absolute atomic E-state index is 0.0761. The molecular formula is C11H12ClN5O. The maximum absolute atomic E-state index is 11.8. The Bertz CT molecular complexity index is 520. The van der Waals surface area contributed by atoms with Crippen LogP contribution in [0.25, 0.3) is 0 Å². The molecule has 0 saturated carbocycles. The van der Waals surface area contributed by atoms with Crippen LogP contribution in [0.15, 0.2) is 24.5 Å². The molecule has 2 aromatic rings. The highest BCUT2D eigenvalue weighted by Gasteiger charge is 2.09. The summed E-state index contributed by atoms with van der Waals surface area (Å²) in [5.74, 6) is -0.269. The molecule has 0 saturated heterocycles. The molecule has 2 rings (SSSR count). The Morgan fingerprint density at radius 2 is 2.33 bits per heavy atom. The zero-order chi connectivity index (χ0) is 13.0. The number of carbonyl (C=O) groups excluding carboxylic acids is 1. The van der Waals surface area contributed by atoms with Gasteiger partial charge in [-0.1, -0.05) is 0 Å². The van der Waals surface area contributed by atoms with Crippen LogP contribution in [0.3, 0.4) is 0 Å². The lowest BCUT2D eigenvalue weighted by Crippen LogP contribution is -2.28. The Kier molecular flexibility index (Phi) is 3.88. The standard InChI is InChI=1S/C11H12ClN5O/c1-8-7-9(16-11(12)15-8)10(18)13-4-6-17-5-2-3-14-17/h2-3,5,7H,4,6H2,1H3,(H,13,18). The van der Waals surface area contributed by atoms with Crippen molar-refractivity contribution in [3.05, 3.63) is 41.2 Å². The number of amides is 1. The van der Waals surface area contributed by atoms with Gasteiger partial charge in [0.2, 0.25) is 5.28 Å². The van der Waals surface area contributed by atoms with Gasteiger partial charge >= 0.3 is 0 Å². The third-order valence-corrected chi connectivity index (χ3v) is 2.41. The molecule has 1 N–H and O–H groups in total. The minimum Gasteiger partial charge on any atom is -0.349 e. The van der Waals surface area contributed by atoms with Crippen LogP contribution in [0, 0.1) is 6.92 Å². The van der Waals surface area contributed by atoms with Crippen molar-refractivity contribution in [3.63, 3.8) is 0 Å². The summed E-state index contributed by atoms with van der Waals surface area (Å²) in [6.07, 6.45) is 3.52. The maximum Gasteiger partial charge on any atom is 0.270 e. The Balaban J connectivity index is 1.91. The molecule has 0 fully saturated rings. The lowest BCUT2D eigenvalue weighted by atomic mass is 10.3. The molecule has 94 valence electrons. The molecule has 0 spiro atoms. The van der Waals surface area contributed by atoms with Crippen LogP contribution in [0.2, 0.25) is 5.28 Å². The first-order valence-electron chi connectivity index (χ1n) is 5.42. The van der Waals surface area contributed by atoms with Crippen molar-refractivity contribution in [3.8, 4) is 0 Å². The molecule has 7 heteroatoms. The smallest absolute Gasteiger partial charge is 0.270 e. The summed E-state index contributed by atoms with van der Waals surface area (Å²) in [7, 11) is 0. The highest BCUT2D eigenvalue weighted by Crippen LogP contribution is 2.04. The molecule has 0 aromatic carbocycles. The lowest BCUT2D eigenvalue weighted by Gasteiger charge is -2.05. The number of hydrogen-bond donors (Lipinski definition) is 1. The fraction of sp³-hybridized carbons (Fsp3) is 0.273. The van der Waals surface area contributed by atoms with Crippen LogP contribution in [-0.2, 0) is 6.54 Å². The lowest BCUT2D eigenvalue weighted by molar-refractivity contribution is 0.0946. The van der Waals surface area contributed by atoms with E-state index in [9.17, 15) is 4.79 Å². The molecule has 2 heterocycles. The van der Waals surface area contributed by atoms with Gasteiger partial charge < -0.3 is 5.32 Å². The number of carbonyl (C=O) groups is 1. The van der Waals surface area contributed by atoms with Crippen LogP contribution in [-0.4, -0.2) is 32.2 Å². The van der Waals surface area contributed by atoms with E-state index in [1.807, 2.05) is 12.3 Å². The van der Waals surface area contributed by atoms with Crippen molar-refractivity contribution in [2.45, 2.75) is 13.5 Å². The molecule has 18 heavy (non-hydrogen) atoms. The largest absolute Gasteiger partial charge is 0.349 e. The van der Waals surface area contributed by atoms with Gasteiger partial charge in [-0.15, -0.1) is 0 Å². The highest BCUT2D eigenvalue weighted by molar-refractivity contribution is 6.28. The van der Waals surface area contributed by atoms with Crippen molar-refractivity contribution >= 4 is 17.5 Å². The van der Waals surface area contributed by atoms with Crippen LogP contribution in [0.4, 0.5) is 0 Å². The zero-order valence-electron chi connectivity index (χ0n) is 9.80. The molecule has 6 nitrogen and oxygen atoms in total. The van der Waals surface area contributed by atoms with Crippen molar-refractivity contribution in [2.75, 3.05) is 6.54 Å². The van der Waals surface area contributed by atoms with Gasteiger partial charge in [-0.3, -0.25) is 9.48 Å². The Morgan fingerprint density at radius 1 is 1.50 bits per heavy atom. The minimum atomic E-state index is -0.269. The number of halogens is 1. The average molecular weight is 266 g/mol. The summed E-state index contributed by atoms with van der Waals surface area (Å²) in [6.45, 7) is 2.84. The molecule has 2 aromatic heterocycles. The average Bonchev–Trinajstić information content (AvgIpc) is 2.80. The van der Waals surface area contributed by atoms with Gasteiger partial charge in [-0.2, -0.15) is 5.10 Å². The zero-order valence-corrected chi connectivity index (χ0v) is 10.6. The number of rotatable bonds is 4. The second-order valence-corrected chi connectivity index (χ2v) is 4.03. The molecule has 0 radical (unpaired) electrons. The maximum atomic E-state index is 11.8. The normalized spacial score (nSPS) is 10.3. The second kappa shape index (κ2) is 5.59. The molecular weight excluding hydrogens is 254 g/mol. The summed E-state index contributed by atoms with van der Waals surface area (Å²) >= 11 is 5.69. The van der Waals surface area contributed by atoms with Crippen LogP contribution in [0.1, 0.15) is 16.2 Å². The van der Waals surface area contributed by atoms with E-state index in [4.69, 9.17) is 11.6 Å². The predicted octanol–water partition coefficient (Wildman–Crippen LogP) is 1.06. The number of nitrogens with one attached hydrogen (secondary N) is 1. The van der Waals surface area contributed by atoms with Gasteiger partial charge in [0.25, 0.3) is 5.91 Å². The summed E-state index contributed by atoms with van der Waals surface area (Å²) in [5.41, 5.74) is 0.931. The van der Waals surface area contributed by atoms with Crippen molar-refractivity contribution in [1.29, 1.82) is 0 Å². The first-order valence-corrected chi connectivity index (χ1v) is 5.80. The van der Waals surface area contributed by atoms with Crippen molar-refractivity contribution < 1.29 is 4.79 Å². The van der Waals surface area contributed by atoms with Gasteiger partial charge in [0.1, 0.15) is 5.69 Å². The first kappa shape index (κ1) is 12.5. The molecule has 0 atom stereocenters. The molecule has 0 unspecified atom stereocenters. The number of hydrogen-bond acceptors (Lipinski definition) is 4. The SMILES string of the molecule is Cc1cc(C(=O)NCCn2cccn2)nc(Cl)n1. The van der Waals surface area contributed by atoms with E-state index in [1.54, 1.807) is 23.9 Å². The molecule has 0 bridgehead atoms. The topological polar surface area (TPSA) is 72.7 Å². The second-order valence-electron chi connectivity index (χ2n) is 3.69. The van der Waals surface area contributed by atoms with Crippen LogP contribution < -0.4 is 5.32 Å². The van der Waals surface area contributed by atoms with Gasteiger partial charge in [0.15, 0.2) is 0 Å². The summed E-state index contributed by atoms with van der Waals surface area (Å²) in [5, 5.41) is 6.85. The van der Waals surface area contributed by atoms with Crippen LogP contribution >= 0.6 is 11.6 Å². The molecule has 0 aliphatic heterocycles. The number of nitrogens with zero attached hydrogens (tertiary/aromatic N) is 4. The highest BCUT2D eigenvalue weighted by atomic mass is 35.5. The van der Waals surface area contributed by atoms with Gasteiger partial charge in [0.05, 0.1) is 6.54 Å². The predicted molar refractivity (Wildman–Crippen MR) is 66.3 cm³/mol. The Hall–Kier alpha value is -1.95. The van der Waals surface area contributed by atoms with Gasteiger partial charge in [-0.05, 0) is 30.7 Å². The van der Waals surface area contributed by atoms with E-state index in [0.29, 0.717) is 18.8 Å². The van der Waals surface area contributed by atoms with E-state index in [2.05, 4.69) is 20.4 Å². The summed E-state index contributed by atoms with van der Waals surface area (Å²) in [4.78, 5) is 19.6. The fourth-order valence-corrected chi connectivity index (χ4v) is 1.68. The molecule has 0 aliphatic carbocycles. The third-order valence-electron chi connectivity index (χ3n) is 2.25. The first-order chi connectivity index (χ1) is 8.65. The van der Waals surface area contributed by atoms with E-state index < -0.39 is 0 Å². The van der Waals surface area contributed by atoms with Crippen molar-refractivity contribution in [1.82, 2.24) is 25.1 Å². The van der Waals surface area contributed by atoms with E-state index in [-0.39, 0.29) is 16.9 Å². The van der Waals surface area contributed by atoms with E-state index in [0.717, 1.165) is 0 Å². The summed E-state index contributed by atoms with van der Waals surface area (Å²) < 4.78 is 1.73. The van der Waals surface area contributed by atoms with Crippen LogP contribution in [0.5, 0.6) is 0 Å². The van der Waals surface area contributed by atoms with Gasteiger partial charge in [-0.25, -0.2) is 9.97 Å². The monoisotopic (exact) mass is 265 g/mol. The summed E-state index contributed by atoms with van der Waals surface area (Å²) in [6, 6.07) is 3.42. The van der Waals surface area contributed by atoms with Gasteiger partial charge in [0, 0.05) is 24.6 Å².